The number of benzene rings is 1. The van der Waals surface area contributed by atoms with E-state index in [1.54, 1.807) is 24.3 Å². The molecule has 0 unspecified atom stereocenters. The van der Waals surface area contributed by atoms with Crippen LogP contribution in [0.25, 0.3) is 0 Å². The number of amides is 1. The quantitative estimate of drug-likeness (QED) is 0.548. The van der Waals surface area contributed by atoms with Crippen LogP contribution in [-0.2, 0) is 0 Å². The number of anilines is 1. The topological polar surface area (TPSA) is 86.3 Å². The van der Waals surface area contributed by atoms with Crippen LogP contribution in [-0.4, -0.2) is 22.4 Å². The van der Waals surface area contributed by atoms with Crippen molar-refractivity contribution in [1.29, 1.82) is 0 Å². The predicted molar refractivity (Wildman–Crippen MR) is 102 cm³/mol. The van der Waals surface area contributed by atoms with E-state index in [0.29, 0.717) is 16.4 Å². The Balaban J connectivity index is 2.27. The maximum Gasteiger partial charge on any atom is 0.258 e. The highest BCUT2D eigenvalue weighted by Gasteiger charge is 2.15. The van der Waals surface area contributed by atoms with Gasteiger partial charge in [0, 0.05) is 11.6 Å². The molecular weight excluding hydrogens is 363 g/mol. The number of carbonyl (C=O) groups excluding carboxylic acids is 1. The van der Waals surface area contributed by atoms with Crippen molar-refractivity contribution in [3.8, 4) is 0 Å². The smallest absolute Gasteiger partial charge is 0.258 e. The molecule has 1 aromatic carbocycles. The van der Waals surface area contributed by atoms with Crippen molar-refractivity contribution in [3.63, 3.8) is 0 Å². The van der Waals surface area contributed by atoms with E-state index < -0.39 is 11.4 Å². The Morgan fingerprint density at radius 2 is 1.84 bits per heavy atom. The molecule has 1 aromatic heterocycles. The number of hydrogen-bond donors (Lipinski definition) is 3. The Morgan fingerprint density at radius 3 is 2.44 bits per heavy atom. The predicted octanol–water partition coefficient (Wildman–Crippen LogP) is 3.68. The van der Waals surface area contributed by atoms with Crippen LogP contribution in [0.5, 0.6) is 0 Å². The average Bonchev–Trinajstić information content (AvgIpc) is 2.48. The number of nitrogens with one attached hydrogen (secondary N) is 3. The number of hydrogen-bond acceptors (Lipinski definition) is 3. The second-order valence-corrected chi connectivity index (χ2v) is 7.08. The summed E-state index contributed by atoms with van der Waals surface area (Å²) in [5, 5.41) is 6.23. The van der Waals surface area contributed by atoms with Gasteiger partial charge in [-0.15, -0.1) is 0 Å². The summed E-state index contributed by atoms with van der Waals surface area (Å²) in [5.74, 6) is 0.197. The molecule has 6 nitrogen and oxygen atoms in total. The second-order valence-electron chi connectivity index (χ2n) is 6.27. The Hall–Kier alpha value is -2.31. The summed E-state index contributed by atoms with van der Waals surface area (Å²) in [6, 6.07) is 9.21. The van der Waals surface area contributed by atoms with E-state index in [2.05, 4.69) is 20.6 Å². The second kappa shape index (κ2) is 7.72. The van der Waals surface area contributed by atoms with E-state index in [9.17, 15) is 9.59 Å². The maximum absolute atomic E-state index is 12.5. The number of aromatic nitrogens is 1. The van der Waals surface area contributed by atoms with E-state index in [1.807, 2.05) is 20.8 Å². The molecule has 8 heteroatoms. The molecule has 0 aliphatic carbocycles. The third-order valence-electron chi connectivity index (χ3n) is 2.88. The normalized spacial score (nSPS) is 12.0. The van der Waals surface area contributed by atoms with Gasteiger partial charge in [0.25, 0.3) is 5.91 Å². The summed E-state index contributed by atoms with van der Waals surface area (Å²) in [6.45, 7) is 5.65. The number of aliphatic imine (C=N–C) groups is 1. The SMILES string of the molecule is CC(C)(C)N=C(NC(=O)c1ccc(Cl)c(Cl)c1)Nc1cccc(=O)[nH]1. The standard InChI is InChI=1S/C17H18Cl2N4O2/c1-17(2,3)23-16(21-13-5-4-6-14(24)20-13)22-15(25)10-7-8-11(18)12(19)9-10/h4-9H,1-3H3,(H3,20,21,22,23,24,25). The molecule has 0 saturated heterocycles. The first-order chi connectivity index (χ1) is 11.6. The zero-order chi connectivity index (χ0) is 18.6. The number of aromatic amines is 1. The van der Waals surface area contributed by atoms with Crippen LogP contribution < -0.4 is 16.2 Å². The number of halogens is 2. The van der Waals surface area contributed by atoms with E-state index in [1.165, 1.54) is 12.1 Å². The molecule has 2 aromatic rings. The van der Waals surface area contributed by atoms with Crippen molar-refractivity contribution >= 4 is 40.9 Å². The van der Waals surface area contributed by atoms with Crippen LogP contribution in [0.15, 0.2) is 46.2 Å². The molecule has 0 bridgehead atoms. The molecular formula is C17H18Cl2N4O2. The fourth-order valence-electron chi connectivity index (χ4n) is 1.89. The van der Waals surface area contributed by atoms with Gasteiger partial charge in [-0.3, -0.25) is 14.9 Å². The minimum atomic E-state index is -0.456. The van der Waals surface area contributed by atoms with Crippen molar-refractivity contribution in [2.75, 3.05) is 5.32 Å². The summed E-state index contributed by atoms with van der Waals surface area (Å²) in [4.78, 5) is 30.9. The van der Waals surface area contributed by atoms with E-state index in [-0.39, 0.29) is 16.5 Å². The van der Waals surface area contributed by atoms with Crippen LogP contribution in [0.3, 0.4) is 0 Å². The molecule has 25 heavy (non-hydrogen) atoms. The molecule has 0 fully saturated rings. The third-order valence-corrected chi connectivity index (χ3v) is 3.62. The lowest BCUT2D eigenvalue weighted by Crippen LogP contribution is -2.38. The molecule has 0 atom stereocenters. The summed E-state index contributed by atoms with van der Waals surface area (Å²) < 4.78 is 0. The van der Waals surface area contributed by atoms with Gasteiger partial charge in [-0.1, -0.05) is 29.3 Å². The van der Waals surface area contributed by atoms with Crippen LogP contribution in [0.2, 0.25) is 10.0 Å². The number of carbonyl (C=O) groups is 1. The average molecular weight is 381 g/mol. The van der Waals surface area contributed by atoms with E-state index in [0.717, 1.165) is 0 Å². The van der Waals surface area contributed by atoms with Gasteiger partial charge in [0.15, 0.2) is 0 Å². The van der Waals surface area contributed by atoms with Gasteiger partial charge >= 0.3 is 0 Å². The summed E-state index contributed by atoms with van der Waals surface area (Å²) in [7, 11) is 0. The first kappa shape index (κ1) is 19.0. The number of H-pyrrole nitrogens is 1. The lowest BCUT2D eigenvalue weighted by Gasteiger charge is -2.18. The minimum Gasteiger partial charge on any atom is -0.312 e. The highest BCUT2D eigenvalue weighted by Crippen LogP contribution is 2.22. The number of pyridine rings is 1. The van der Waals surface area contributed by atoms with Crippen LogP contribution in [0.4, 0.5) is 5.82 Å². The van der Waals surface area contributed by atoms with Crippen LogP contribution in [0.1, 0.15) is 31.1 Å². The monoisotopic (exact) mass is 380 g/mol. The molecule has 132 valence electrons. The van der Waals surface area contributed by atoms with Crippen molar-refractivity contribution in [1.82, 2.24) is 10.3 Å². The molecule has 2 rings (SSSR count). The highest BCUT2D eigenvalue weighted by atomic mass is 35.5. The van der Waals surface area contributed by atoms with Crippen molar-refractivity contribution in [2.24, 2.45) is 4.99 Å². The molecule has 3 N–H and O–H groups in total. The Kier molecular flexibility index (Phi) is 5.87. The lowest BCUT2D eigenvalue weighted by atomic mass is 10.1. The highest BCUT2D eigenvalue weighted by molar-refractivity contribution is 6.42. The zero-order valence-electron chi connectivity index (χ0n) is 14.0. The Bertz CT molecular complexity index is 869. The molecule has 0 aliphatic heterocycles. The van der Waals surface area contributed by atoms with Gasteiger partial charge in [-0.2, -0.15) is 0 Å². The number of nitrogens with zero attached hydrogens (tertiary/aromatic N) is 1. The Morgan fingerprint density at radius 1 is 1.12 bits per heavy atom. The van der Waals surface area contributed by atoms with Crippen LogP contribution >= 0.6 is 23.2 Å². The fourth-order valence-corrected chi connectivity index (χ4v) is 2.19. The van der Waals surface area contributed by atoms with Gasteiger partial charge in [0.1, 0.15) is 5.82 Å². The lowest BCUT2D eigenvalue weighted by molar-refractivity contribution is 0.0977. The van der Waals surface area contributed by atoms with E-state index in [4.69, 9.17) is 23.2 Å². The molecule has 0 aliphatic rings. The van der Waals surface area contributed by atoms with Gasteiger partial charge < -0.3 is 10.3 Å². The first-order valence-corrected chi connectivity index (χ1v) is 8.22. The fraction of sp³-hybridized carbons (Fsp3) is 0.235. The summed E-state index contributed by atoms with van der Waals surface area (Å²) in [5.41, 5.74) is -0.391. The van der Waals surface area contributed by atoms with Gasteiger partial charge in [-0.25, -0.2) is 4.99 Å². The van der Waals surface area contributed by atoms with Crippen molar-refractivity contribution in [3.05, 3.63) is 62.4 Å². The first-order valence-electron chi connectivity index (χ1n) is 7.47. The van der Waals surface area contributed by atoms with E-state index >= 15 is 0 Å². The molecule has 0 radical (unpaired) electrons. The van der Waals surface area contributed by atoms with Gasteiger partial charge in [0.2, 0.25) is 11.5 Å². The summed E-state index contributed by atoms with van der Waals surface area (Å²) in [6.07, 6.45) is 0. The largest absolute Gasteiger partial charge is 0.312 e. The van der Waals surface area contributed by atoms with Crippen molar-refractivity contribution < 1.29 is 4.79 Å². The number of rotatable bonds is 2. The van der Waals surface area contributed by atoms with Gasteiger partial charge in [-0.05, 0) is 45.0 Å². The molecule has 0 saturated carbocycles. The number of guanidine groups is 1. The van der Waals surface area contributed by atoms with Crippen LogP contribution in [0, 0.1) is 0 Å². The Labute approximate surface area is 155 Å². The van der Waals surface area contributed by atoms with Crippen molar-refractivity contribution in [2.45, 2.75) is 26.3 Å². The third kappa shape index (κ3) is 5.92. The van der Waals surface area contributed by atoms with Gasteiger partial charge in [0.05, 0.1) is 15.6 Å². The minimum absolute atomic E-state index is 0.199. The molecule has 0 spiro atoms. The maximum atomic E-state index is 12.5. The molecule has 1 amide bonds. The zero-order valence-corrected chi connectivity index (χ0v) is 15.5. The summed E-state index contributed by atoms with van der Waals surface area (Å²) >= 11 is 11.8. The molecule has 1 heterocycles.